The molecule has 9 heteroatoms. The van der Waals surface area contributed by atoms with Crippen LogP contribution in [0.2, 0.25) is 0 Å². The Morgan fingerprint density at radius 1 is 1.43 bits per heavy atom. The second-order valence-corrected chi connectivity index (χ2v) is 4.02. The third kappa shape index (κ3) is 5.30. The predicted octanol–water partition coefficient (Wildman–Crippen LogP) is 2.83. The largest absolute Gasteiger partial charge is 0.574 e. The molecule has 0 saturated heterocycles. The quantitative estimate of drug-likeness (QED) is 0.594. The molecule has 118 valence electrons. The summed E-state index contributed by atoms with van der Waals surface area (Å²) in [5.74, 6) is -1.40. The molecule has 0 amide bonds. The summed E-state index contributed by atoms with van der Waals surface area (Å²) in [6.07, 6.45) is -5.23. The van der Waals surface area contributed by atoms with Gasteiger partial charge < -0.3 is 14.2 Å². The molecule has 0 spiro atoms. The van der Waals surface area contributed by atoms with Gasteiger partial charge >= 0.3 is 12.3 Å². The Hall–Kier alpha value is -1.70. The number of alkyl halides is 4. The van der Waals surface area contributed by atoms with Gasteiger partial charge in [-0.1, -0.05) is 0 Å². The number of nitrogens with zero attached hydrogens (tertiary/aromatic N) is 1. The number of esters is 1. The van der Waals surface area contributed by atoms with Crippen LogP contribution in [0.4, 0.5) is 13.2 Å². The van der Waals surface area contributed by atoms with E-state index in [2.05, 4.69) is 9.72 Å². The molecule has 0 N–H and O–H groups in total. The lowest BCUT2D eigenvalue weighted by atomic mass is 10.1. The number of methoxy groups -OCH3 is 1. The summed E-state index contributed by atoms with van der Waals surface area (Å²) in [4.78, 5) is 15.1. The summed E-state index contributed by atoms with van der Waals surface area (Å²) in [7, 11) is 1.26. The first-order chi connectivity index (χ1) is 9.80. The molecular weight excluding hydrogens is 315 g/mol. The molecule has 5 nitrogen and oxygen atoms in total. The Balaban J connectivity index is 3.18. The standard InChI is InChI=1S/C12H13ClF3NO4/c1-3-20-11(18)4-8-7(6-13)9(19-2)5-10(17-8)21-12(14,15)16/h5H,3-4,6H2,1-2H3. The minimum Gasteiger partial charge on any atom is -0.496 e. The monoisotopic (exact) mass is 327 g/mol. The van der Waals surface area contributed by atoms with Gasteiger partial charge in [0.05, 0.1) is 31.7 Å². The number of carbonyl (C=O) groups excluding carboxylic acids is 1. The van der Waals surface area contributed by atoms with Crippen molar-refractivity contribution in [3.05, 3.63) is 17.3 Å². The van der Waals surface area contributed by atoms with E-state index in [9.17, 15) is 18.0 Å². The number of aromatic nitrogens is 1. The van der Waals surface area contributed by atoms with E-state index in [1.54, 1.807) is 6.92 Å². The molecule has 0 radical (unpaired) electrons. The number of halogens is 4. The van der Waals surface area contributed by atoms with Crippen molar-refractivity contribution in [1.29, 1.82) is 0 Å². The highest BCUT2D eigenvalue weighted by Crippen LogP contribution is 2.30. The molecule has 0 saturated carbocycles. The Morgan fingerprint density at radius 3 is 2.57 bits per heavy atom. The summed E-state index contributed by atoms with van der Waals surface area (Å²) in [5.41, 5.74) is 0.323. The maximum absolute atomic E-state index is 12.3. The van der Waals surface area contributed by atoms with Crippen LogP contribution in [0.15, 0.2) is 6.07 Å². The average Bonchev–Trinajstić information content (AvgIpc) is 2.36. The Kier molecular flexibility index (Phi) is 6.07. The summed E-state index contributed by atoms with van der Waals surface area (Å²) in [6.45, 7) is 1.75. The Morgan fingerprint density at radius 2 is 2.10 bits per heavy atom. The van der Waals surface area contributed by atoms with Gasteiger partial charge in [-0.25, -0.2) is 4.98 Å². The van der Waals surface area contributed by atoms with E-state index in [1.807, 2.05) is 0 Å². The normalized spacial score (nSPS) is 11.1. The first-order valence-corrected chi connectivity index (χ1v) is 6.38. The van der Waals surface area contributed by atoms with E-state index in [1.165, 1.54) is 7.11 Å². The number of hydrogen-bond donors (Lipinski definition) is 0. The third-order valence-electron chi connectivity index (χ3n) is 2.34. The van der Waals surface area contributed by atoms with Crippen LogP contribution < -0.4 is 9.47 Å². The van der Waals surface area contributed by atoms with Gasteiger partial charge in [-0.05, 0) is 6.92 Å². The van der Waals surface area contributed by atoms with E-state index >= 15 is 0 Å². The maximum atomic E-state index is 12.3. The molecule has 1 rings (SSSR count). The number of hydrogen-bond acceptors (Lipinski definition) is 5. The van der Waals surface area contributed by atoms with Crippen LogP contribution >= 0.6 is 11.6 Å². The fourth-order valence-electron chi connectivity index (χ4n) is 1.57. The minimum absolute atomic E-state index is 0.0158. The van der Waals surface area contributed by atoms with E-state index < -0.39 is 18.2 Å². The van der Waals surface area contributed by atoms with E-state index in [0.29, 0.717) is 5.56 Å². The molecule has 1 aromatic rings. The van der Waals surface area contributed by atoms with Crippen LogP contribution in [0.25, 0.3) is 0 Å². The van der Waals surface area contributed by atoms with Crippen LogP contribution in [0, 0.1) is 0 Å². The molecular formula is C12H13ClF3NO4. The zero-order chi connectivity index (χ0) is 16.0. The fraction of sp³-hybridized carbons (Fsp3) is 0.500. The minimum atomic E-state index is -4.90. The molecule has 0 unspecified atom stereocenters. The highest BCUT2D eigenvalue weighted by Gasteiger charge is 2.32. The molecule has 1 aromatic heterocycles. The molecule has 0 atom stereocenters. The topological polar surface area (TPSA) is 57.7 Å². The SMILES string of the molecule is CCOC(=O)Cc1nc(OC(F)(F)F)cc(OC)c1CCl. The number of rotatable bonds is 6. The zero-order valence-corrected chi connectivity index (χ0v) is 12.0. The van der Waals surface area contributed by atoms with Gasteiger partial charge in [-0.2, -0.15) is 0 Å². The van der Waals surface area contributed by atoms with Crippen molar-refractivity contribution in [3.8, 4) is 11.6 Å². The number of carbonyl (C=O) groups is 1. The lowest BCUT2D eigenvalue weighted by molar-refractivity contribution is -0.276. The Labute approximate surface area is 124 Å². The van der Waals surface area contributed by atoms with Crippen molar-refractivity contribution in [2.45, 2.75) is 25.6 Å². The second-order valence-electron chi connectivity index (χ2n) is 3.75. The molecule has 0 aliphatic rings. The summed E-state index contributed by atoms with van der Waals surface area (Å²) in [5, 5.41) is 0. The van der Waals surface area contributed by atoms with Crippen molar-refractivity contribution < 1.29 is 32.2 Å². The molecule has 0 bridgehead atoms. The van der Waals surface area contributed by atoms with Crippen molar-refractivity contribution in [1.82, 2.24) is 4.98 Å². The molecule has 0 aromatic carbocycles. The van der Waals surface area contributed by atoms with Crippen LogP contribution in [0.1, 0.15) is 18.2 Å². The molecule has 0 aliphatic carbocycles. The maximum Gasteiger partial charge on any atom is 0.574 e. The van der Waals surface area contributed by atoms with Gasteiger partial charge in [0.15, 0.2) is 0 Å². The van der Waals surface area contributed by atoms with E-state index in [4.69, 9.17) is 21.1 Å². The number of ether oxygens (including phenoxy) is 3. The van der Waals surface area contributed by atoms with Crippen molar-refractivity contribution >= 4 is 17.6 Å². The predicted molar refractivity (Wildman–Crippen MR) is 67.4 cm³/mol. The fourth-order valence-corrected chi connectivity index (χ4v) is 1.85. The third-order valence-corrected chi connectivity index (χ3v) is 2.60. The van der Waals surface area contributed by atoms with Gasteiger partial charge in [0.2, 0.25) is 5.88 Å². The second kappa shape index (κ2) is 7.35. The van der Waals surface area contributed by atoms with Gasteiger partial charge in [0, 0.05) is 11.6 Å². The highest BCUT2D eigenvalue weighted by molar-refractivity contribution is 6.17. The smallest absolute Gasteiger partial charge is 0.496 e. The van der Waals surface area contributed by atoms with Gasteiger partial charge in [-0.15, -0.1) is 24.8 Å². The lowest BCUT2D eigenvalue weighted by Crippen LogP contribution is -2.19. The van der Waals surface area contributed by atoms with Crippen LogP contribution in [0.5, 0.6) is 11.6 Å². The summed E-state index contributed by atoms with van der Waals surface area (Å²) >= 11 is 5.73. The van der Waals surface area contributed by atoms with Crippen molar-refractivity contribution in [3.63, 3.8) is 0 Å². The Bertz CT molecular complexity index is 508. The molecule has 0 aliphatic heterocycles. The zero-order valence-electron chi connectivity index (χ0n) is 11.3. The average molecular weight is 328 g/mol. The molecule has 21 heavy (non-hydrogen) atoms. The first-order valence-electron chi connectivity index (χ1n) is 5.84. The van der Waals surface area contributed by atoms with Crippen LogP contribution in [-0.2, 0) is 21.8 Å². The van der Waals surface area contributed by atoms with Gasteiger partial charge in [0.25, 0.3) is 0 Å². The molecule has 0 fully saturated rings. The van der Waals surface area contributed by atoms with Crippen molar-refractivity contribution in [2.24, 2.45) is 0 Å². The van der Waals surface area contributed by atoms with Crippen molar-refractivity contribution in [2.75, 3.05) is 13.7 Å². The lowest BCUT2D eigenvalue weighted by Gasteiger charge is -2.14. The van der Waals surface area contributed by atoms with Crippen LogP contribution in [0.3, 0.4) is 0 Å². The first kappa shape index (κ1) is 17.4. The highest BCUT2D eigenvalue weighted by atomic mass is 35.5. The van der Waals surface area contributed by atoms with Gasteiger partial charge in [-0.3, -0.25) is 4.79 Å². The summed E-state index contributed by atoms with van der Waals surface area (Å²) in [6, 6.07) is 0.958. The summed E-state index contributed by atoms with van der Waals surface area (Å²) < 4.78 is 50.2. The van der Waals surface area contributed by atoms with Gasteiger partial charge in [0.1, 0.15) is 5.75 Å². The van der Waals surface area contributed by atoms with E-state index in [0.717, 1.165) is 6.07 Å². The van der Waals surface area contributed by atoms with E-state index in [-0.39, 0.29) is 30.4 Å². The van der Waals surface area contributed by atoms with Crippen LogP contribution in [-0.4, -0.2) is 31.0 Å². The number of pyridine rings is 1. The molecule has 1 heterocycles.